The molecule has 0 radical (unpaired) electrons. The van der Waals surface area contributed by atoms with Gasteiger partial charge in [-0.2, -0.15) is 0 Å². The lowest BCUT2D eigenvalue weighted by Gasteiger charge is -2.04. The molecular weight excluding hydrogens is 388 g/mol. The topological polar surface area (TPSA) is 93.2 Å². The van der Waals surface area contributed by atoms with Gasteiger partial charge in [-0.15, -0.1) is 10.2 Å². The van der Waals surface area contributed by atoms with Gasteiger partial charge in [0.05, 0.1) is 13.7 Å². The van der Waals surface area contributed by atoms with Crippen molar-refractivity contribution in [1.82, 2.24) is 15.5 Å². The van der Waals surface area contributed by atoms with E-state index in [0.717, 1.165) is 28.2 Å². The minimum absolute atomic E-state index is 0.0818. The zero-order valence-electron chi connectivity index (χ0n) is 16.3. The number of carbonyl (C=O) groups excluding carboxylic acids is 2. The van der Waals surface area contributed by atoms with Crippen LogP contribution < -0.4 is 15.4 Å². The molecule has 0 bridgehead atoms. The summed E-state index contributed by atoms with van der Waals surface area (Å²) in [7, 11) is 1.62. The molecule has 0 fully saturated rings. The van der Waals surface area contributed by atoms with Gasteiger partial charge in [0.2, 0.25) is 10.9 Å². The quantitative estimate of drug-likeness (QED) is 0.594. The van der Waals surface area contributed by atoms with E-state index in [-0.39, 0.29) is 23.4 Å². The van der Waals surface area contributed by atoms with E-state index in [1.165, 1.54) is 0 Å². The van der Waals surface area contributed by atoms with Gasteiger partial charge in [0.15, 0.2) is 0 Å². The van der Waals surface area contributed by atoms with Crippen molar-refractivity contribution in [2.24, 2.45) is 0 Å². The largest absolute Gasteiger partial charge is 0.497 e. The Labute approximate surface area is 173 Å². The molecular formula is C21H22N4O3S. The minimum atomic E-state index is -0.316. The molecule has 2 amide bonds. The molecule has 0 unspecified atom stereocenters. The first-order chi connectivity index (χ1) is 14.0. The van der Waals surface area contributed by atoms with Crippen molar-refractivity contribution in [2.75, 3.05) is 12.4 Å². The first-order valence-electron chi connectivity index (χ1n) is 9.13. The van der Waals surface area contributed by atoms with Gasteiger partial charge in [-0.25, -0.2) is 0 Å². The molecule has 8 heteroatoms. The highest BCUT2D eigenvalue weighted by Crippen LogP contribution is 2.15. The molecule has 7 nitrogen and oxygen atoms in total. The Bertz CT molecular complexity index is 968. The standard InChI is InChI=1S/C21H22N4O3S/c1-14-3-8-16(9-4-14)23-20(27)21-25-24-19(29-21)13-22-18(26)12-7-15-5-10-17(28-2)11-6-15/h3-6,8-11H,7,12-13H2,1-2H3,(H,22,26)(H,23,27). The third-order valence-corrected chi connectivity index (χ3v) is 5.13. The number of hydrogen-bond acceptors (Lipinski definition) is 6. The van der Waals surface area contributed by atoms with Crippen LogP contribution in [0.4, 0.5) is 5.69 Å². The van der Waals surface area contributed by atoms with Gasteiger partial charge in [-0.05, 0) is 43.2 Å². The average molecular weight is 410 g/mol. The molecule has 0 aliphatic heterocycles. The van der Waals surface area contributed by atoms with Crippen LogP contribution in [0, 0.1) is 6.92 Å². The van der Waals surface area contributed by atoms with Crippen LogP contribution in [0.15, 0.2) is 48.5 Å². The number of rotatable bonds is 8. The van der Waals surface area contributed by atoms with Crippen molar-refractivity contribution in [3.63, 3.8) is 0 Å². The summed E-state index contributed by atoms with van der Waals surface area (Å²) in [5.41, 5.74) is 2.88. The Hall–Kier alpha value is -3.26. The van der Waals surface area contributed by atoms with Gasteiger partial charge in [0.1, 0.15) is 10.8 Å². The molecule has 0 atom stereocenters. The Balaban J connectivity index is 1.44. The smallest absolute Gasteiger partial charge is 0.286 e. The summed E-state index contributed by atoms with van der Waals surface area (Å²) in [4.78, 5) is 24.3. The zero-order chi connectivity index (χ0) is 20.6. The molecule has 150 valence electrons. The molecule has 3 aromatic rings. The second-order valence-electron chi connectivity index (χ2n) is 6.45. The molecule has 0 saturated carbocycles. The maximum Gasteiger partial charge on any atom is 0.286 e. The van der Waals surface area contributed by atoms with E-state index in [9.17, 15) is 9.59 Å². The Morgan fingerprint density at radius 2 is 1.76 bits per heavy atom. The normalized spacial score (nSPS) is 10.4. The van der Waals surface area contributed by atoms with Gasteiger partial charge in [-0.3, -0.25) is 9.59 Å². The number of carbonyl (C=O) groups is 2. The lowest BCUT2D eigenvalue weighted by Crippen LogP contribution is -2.22. The van der Waals surface area contributed by atoms with Crippen LogP contribution in [0.5, 0.6) is 5.75 Å². The molecule has 1 aromatic heterocycles. The zero-order valence-corrected chi connectivity index (χ0v) is 17.1. The van der Waals surface area contributed by atoms with E-state index in [4.69, 9.17) is 4.74 Å². The van der Waals surface area contributed by atoms with Crippen molar-refractivity contribution in [1.29, 1.82) is 0 Å². The fraction of sp³-hybridized carbons (Fsp3) is 0.238. The predicted octanol–water partition coefficient (Wildman–Crippen LogP) is 3.36. The van der Waals surface area contributed by atoms with Crippen molar-refractivity contribution < 1.29 is 14.3 Å². The van der Waals surface area contributed by atoms with Crippen LogP contribution in [-0.2, 0) is 17.8 Å². The summed E-state index contributed by atoms with van der Waals surface area (Å²) in [5, 5.41) is 14.3. The summed E-state index contributed by atoms with van der Waals surface area (Å²) in [5.74, 6) is 0.391. The van der Waals surface area contributed by atoms with E-state index < -0.39 is 0 Å². The average Bonchev–Trinajstić information content (AvgIpc) is 3.22. The monoisotopic (exact) mass is 410 g/mol. The number of hydrogen-bond donors (Lipinski definition) is 2. The van der Waals surface area contributed by atoms with Crippen LogP contribution >= 0.6 is 11.3 Å². The Kier molecular flexibility index (Phi) is 6.91. The SMILES string of the molecule is COc1ccc(CCC(=O)NCc2nnc(C(=O)Nc3ccc(C)cc3)s2)cc1. The number of nitrogens with zero attached hydrogens (tertiary/aromatic N) is 2. The summed E-state index contributed by atoms with van der Waals surface area (Å²) in [6, 6.07) is 15.1. The van der Waals surface area contributed by atoms with Crippen molar-refractivity contribution in [3.8, 4) is 5.75 Å². The highest BCUT2D eigenvalue weighted by Gasteiger charge is 2.13. The lowest BCUT2D eigenvalue weighted by molar-refractivity contribution is -0.121. The van der Waals surface area contributed by atoms with E-state index in [1.54, 1.807) is 7.11 Å². The Morgan fingerprint density at radius 1 is 1.03 bits per heavy atom. The minimum Gasteiger partial charge on any atom is -0.497 e. The highest BCUT2D eigenvalue weighted by molar-refractivity contribution is 7.13. The number of ether oxygens (including phenoxy) is 1. The van der Waals surface area contributed by atoms with Crippen LogP contribution in [0.1, 0.15) is 32.4 Å². The molecule has 0 aliphatic rings. The molecule has 0 aliphatic carbocycles. The number of benzene rings is 2. The van der Waals surface area contributed by atoms with E-state index >= 15 is 0 Å². The number of nitrogens with one attached hydrogen (secondary N) is 2. The second-order valence-corrected chi connectivity index (χ2v) is 7.51. The molecule has 3 rings (SSSR count). The fourth-order valence-corrected chi connectivity index (χ4v) is 3.23. The van der Waals surface area contributed by atoms with Gasteiger partial charge in [0.25, 0.3) is 5.91 Å². The predicted molar refractivity (Wildman–Crippen MR) is 112 cm³/mol. The van der Waals surface area contributed by atoms with Crippen molar-refractivity contribution in [3.05, 3.63) is 69.7 Å². The number of aromatic nitrogens is 2. The molecule has 2 N–H and O–H groups in total. The lowest BCUT2D eigenvalue weighted by atomic mass is 10.1. The van der Waals surface area contributed by atoms with Gasteiger partial charge in [0, 0.05) is 12.1 Å². The maximum absolute atomic E-state index is 12.3. The third-order valence-electron chi connectivity index (χ3n) is 4.21. The van der Waals surface area contributed by atoms with E-state index in [0.29, 0.717) is 23.5 Å². The van der Waals surface area contributed by atoms with Crippen LogP contribution in [-0.4, -0.2) is 29.1 Å². The van der Waals surface area contributed by atoms with Crippen LogP contribution in [0.3, 0.4) is 0 Å². The summed E-state index contributed by atoms with van der Waals surface area (Å²) >= 11 is 1.16. The van der Waals surface area contributed by atoms with Gasteiger partial charge >= 0.3 is 0 Å². The number of amides is 2. The number of aryl methyl sites for hydroxylation is 2. The molecule has 2 aromatic carbocycles. The van der Waals surface area contributed by atoms with Crippen molar-refractivity contribution >= 4 is 28.8 Å². The highest BCUT2D eigenvalue weighted by atomic mass is 32.1. The molecule has 0 spiro atoms. The first kappa shape index (κ1) is 20.5. The number of methoxy groups -OCH3 is 1. The third kappa shape index (κ3) is 6.11. The molecule has 29 heavy (non-hydrogen) atoms. The number of anilines is 1. The summed E-state index contributed by atoms with van der Waals surface area (Å²) < 4.78 is 5.12. The Morgan fingerprint density at radius 3 is 2.45 bits per heavy atom. The van der Waals surface area contributed by atoms with Gasteiger partial charge < -0.3 is 15.4 Å². The van der Waals surface area contributed by atoms with Crippen molar-refractivity contribution in [2.45, 2.75) is 26.3 Å². The molecule has 1 heterocycles. The van der Waals surface area contributed by atoms with Crippen LogP contribution in [0.2, 0.25) is 0 Å². The maximum atomic E-state index is 12.3. The summed E-state index contributed by atoms with van der Waals surface area (Å²) in [6.45, 7) is 2.23. The van der Waals surface area contributed by atoms with Crippen LogP contribution in [0.25, 0.3) is 0 Å². The fourth-order valence-electron chi connectivity index (χ4n) is 2.55. The van der Waals surface area contributed by atoms with E-state index in [2.05, 4.69) is 20.8 Å². The van der Waals surface area contributed by atoms with E-state index in [1.807, 2.05) is 55.5 Å². The first-order valence-corrected chi connectivity index (χ1v) is 9.95. The molecule has 0 saturated heterocycles. The van der Waals surface area contributed by atoms with Gasteiger partial charge in [-0.1, -0.05) is 41.2 Å². The second kappa shape index (κ2) is 9.79. The summed E-state index contributed by atoms with van der Waals surface area (Å²) in [6.07, 6.45) is 1.00.